The van der Waals surface area contributed by atoms with Crippen molar-refractivity contribution in [2.24, 2.45) is 5.73 Å². The molecule has 3 aliphatic carbocycles. The van der Waals surface area contributed by atoms with Crippen LogP contribution in [0, 0.1) is 0 Å². The van der Waals surface area contributed by atoms with Gasteiger partial charge in [-0.25, -0.2) is 4.98 Å². The lowest BCUT2D eigenvalue weighted by Gasteiger charge is -2.30. The zero-order valence-electron chi connectivity index (χ0n) is 14.5. The summed E-state index contributed by atoms with van der Waals surface area (Å²) in [6.45, 7) is 0. The smallest absolute Gasteiger partial charge is 0.254 e. The van der Waals surface area contributed by atoms with Gasteiger partial charge in [0.2, 0.25) is 5.95 Å². The summed E-state index contributed by atoms with van der Waals surface area (Å²) in [7, 11) is 0. The fraction of sp³-hybridized carbons (Fsp3) is 0.722. The molecule has 0 saturated heterocycles. The molecule has 0 unspecified atom stereocenters. The number of nitrogens with one attached hydrogen (secondary N) is 2. The molecule has 136 valence electrons. The van der Waals surface area contributed by atoms with Crippen LogP contribution in [0.25, 0.3) is 0 Å². The zero-order chi connectivity index (χ0) is 17.2. The lowest BCUT2D eigenvalue weighted by atomic mass is 9.93. The Labute approximate surface area is 148 Å². The normalized spacial score (nSPS) is 26.7. The number of hydrogen-bond donors (Lipinski definition) is 3. The molecule has 25 heavy (non-hydrogen) atoms. The van der Waals surface area contributed by atoms with Crippen LogP contribution < -0.4 is 16.4 Å². The number of carbonyl (C=O) groups is 1. The van der Waals surface area contributed by atoms with Crippen molar-refractivity contribution in [1.29, 1.82) is 0 Å². The lowest BCUT2D eigenvalue weighted by Crippen LogP contribution is -2.32. The first kappa shape index (κ1) is 16.6. The number of amides is 1. The van der Waals surface area contributed by atoms with E-state index in [9.17, 15) is 4.79 Å². The molecule has 0 aliphatic heterocycles. The van der Waals surface area contributed by atoms with E-state index in [1.165, 1.54) is 25.5 Å². The first-order valence-electron chi connectivity index (χ1n) is 9.53. The zero-order valence-corrected chi connectivity index (χ0v) is 14.5. The quantitative estimate of drug-likeness (QED) is 0.701. The van der Waals surface area contributed by atoms with Crippen molar-refractivity contribution in [3.63, 3.8) is 0 Å². The number of hydrogen-bond acceptors (Lipinski definition) is 6. The minimum absolute atomic E-state index is 0.357. The fourth-order valence-electron chi connectivity index (χ4n) is 3.49. The molecule has 0 aromatic carbocycles. The van der Waals surface area contributed by atoms with Gasteiger partial charge in [0.1, 0.15) is 5.82 Å². The Morgan fingerprint density at radius 3 is 2.20 bits per heavy atom. The molecular weight excluding hydrogens is 318 g/mol. The van der Waals surface area contributed by atoms with E-state index >= 15 is 0 Å². The summed E-state index contributed by atoms with van der Waals surface area (Å²) in [5, 5.41) is 6.75. The number of carbonyl (C=O) groups excluding carboxylic acids is 1. The minimum atomic E-state index is -0.494. The van der Waals surface area contributed by atoms with Gasteiger partial charge in [-0.05, 0) is 57.8 Å². The molecule has 7 nitrogen and oxygen atoms in total. The van der Waals surface area contributed by atoms with E-state index in [0.717, 1.165) is 38.5 Å². The topological polar surface area (TPSA) is 102 Å². The van der Waals surface area contributed by atoms with Crippen LogP contribution in [-0.2, 0) is 4.74 Å². The molecule has 4 N–H and O–H groups in total. The molecule has 7 heteroatoms. The van der Waals surface area contributed by atoms with Gasteiger partial charge in [-0.2, -0.15) is 4.98 Å². The highest BCUT2D eigenvalue weighted by Gasteiger charge is 2.29. The van der Waals surface area contributed by atoms with E-state index in [0.29, 0.717) is 41.6 Å². The van der Waals surface area contributed by atoms with Crippen LogP contribution in [0.4, 0.5) is 11.8 Å². The second kappa shape index (κ2) is 7.15. The SMILES string of the molecule is NC(=O)c1cnc(N[C@H]2CC[C@H](OC3CC3)CC2)nc1NC1CCC1. The van der Waals surface area contributed by atoms with Crippen LogP contribution in [0.3, 0.4) is 0 Å². The summed E-state index contributed by atoms with van der Waals surface area (Å²) < 4.78 is 6.00. The third-order valence-corrected chi connectivity index (χ3v) is 5.42. The highest BCUT2D eigenvalue weighted by molar-refractivity contribution is 5.97. The largest absolute Gasteiger partial charge is 0.375 e. The maximum absolute atomic E-state index is 11.6. The molecule has 0 spiro atoms. The molecule has 0 bridgehead atoms. The predicted molar refractivity (Wildman–Crippen MR) is 95.6 cm³/mol. The van der Waals surface area contributed by atoms with Gasteiger partial charge in [0.15, 0.2) is 0 Å². The van der Waals surface area contributed by atoms with Crippen molar-refractivity contribution in [1.82, 2.24) is 9.97 Å². The fourth-order valence-corrected chi connectivity index (χ4v) is 3.49. The Balaban J connectivity index is 1.36. The summed E-state index contributed by atoms with van der Waals surface area (Å²) in [5.41, 5.74) is 5.81. The van der Waals surface area contributed by atoms with Crippen LogP contribution in [0.2, 0.25) is 0 Å². The van der Waals surface area contributed by atoms with Gasteiger partial charge in [-0.3, -0.25) is 4.79 Å². The van der Waals surface area contributed by atoms with Crippen LogP contribution >= 0.6 is 0 Å². The van der Waals surface area contributed by atoms with Crippen molar-refractivity contribution >= 4 is 17.7 Å². The van der Waals surface area contributed by atoms with Crippen LogP contribution in [0.5, 0.6) is 0 Å². The number of nitrogens with zero attached hydrogens (tertiary/aromatic N) is 2. The van der Waals surface area contributed by atoms with E-state index in [-0.39, 0.29) is 0 Å². The average Bonchev–Trinajstić information content (AvgIpc) is 3.37. The molecule has 3 aliphatic rings. The van der Waals surface area contributed by atoms with Crippen molar-refractivity contribution in [2.75, 3.05) is 10.6 Å². The Morgan fingerprint density at radius 1 is 1.00 bits per heavy atom. The van der Waals surface area contributed by atoms with Gasteiger partial charge < -0.3 is 21.1 Å². The van der Waals surface area contributed by atoms with E-state index in [1.54, 1.807) is 0 Å². The molecule has 3 saturated carbocycles. The van der Waals surface area contributed by atoms with Crippen molar-refractivity contribution in [3.8, 4) is 0 Å². The Bertz CT molecular complexity index is 622. The molecule has 4 rings (SSSR count). The maximum atomic E-state index is 11.6. The summed E-state index contributed by atoms with van der Waals surface area (Å²) in [6, 6.07) is 0.742. The standard InChI is InChI=1S/C18H27N5O2/c19-16(24)15-10-20-18(23-17(15)21-11-2-1-3-11)22-12-4-6-13(7-5-12)25-14-8-9-14/h10-14H,1-9H2,(H2,19,24)(H2,20,21,22,23)/t12-,13-. The molecule has 0 atom stereocenters. The highest BCUT2D eigenvalue weighted by atomic mass is 16.5. The Hall–Kier alpha value is -1.89. The molecule has 3 fully saturated rings. The Kier molecular flexibility index (Phi) is 4.74. The van der Waals surface area contributed by atoms with Crippen LogP contribution in [0.15, 0.2) is 6.20 Å². The van der Waals surface area contributed by atoms with Gasteiger partial charge in [-0.1, -0.05) is 0 Å². The molecule has 1 aromatic rings. The third kappa shape index (κ3) is 4.21. The number of ether oxygens (including phenoxy) is 1. The monoisotopic (exact) mass is 345 g/mol. The summed E-state index contributed by atoms with van der Waals surface area (Å²) in [6.07, 6.45) is 12.6. The second-order valence-electron chi connectivity index (χ2n) is 7.55. The number of nitrogens with two attached hydrogens (primary N) is 1. The van der Waals surface area contributed by atoms with E-state index in [2.05, 4.69) is 20.6 Å². The molecule has 0 radical (unpaired) electrons. The number of primary amides is 1. The first-order valence-corrected chi connectivity index (χ1v) is 9.53. The van der Waals surface area contributed by atoms with Crippen LogP contribution in [0.1, 0.15) is 68.1 Å². The van der Waals surface area contributed by atoms with Crippen molar-refractivity contribution < 1.29 is 9.53 Å². The van der Waals surface area contributed by atoms with E-state index < -0.39 is 5.91 Å². The maximum Gasteiger partial charge on any atom is 0.254 e. The molecule has 1 heterocycles. The molecule has 1 amide bonds. The molecule has 1 aromatic heterocycles. The average molecular weight is 345 g/mol. The predicted octanol–water partition coefficient (Wildman–Crippen LogP) is 2.44. The van der Waals surface area contributed by atoms with Gasteiger partial charge >= 0.3 is 0 Å². The first-order chi connectivity index (χ1) is 12.2. The third-order valence-electron chi connectivity index (χ3n) is 5.42. The number of aromatic nitrogens is 2. The lowest BCUT2D eigenvalue weighted by molar-refractivity contribution is 0.0146. The Morgan fingerprint density at radius 2 is 1.64 bits per heavy atom. The van der Waals surface area contributed by atoms with E-state index in [4.69, 9.17) is 10.5 Å². The van der Waals surface area contributed by atoms with Gasteiger partial charge in [0.05, 0.1) is 17.8 Å². The summed E-state index contributed by atoms with van der Waals surface area (Å²) in [4.78, 5) is 20.4. The highest BCUT2D eigenvalue weighted by Crippen LogP contribution is 2.31. The van der Waals surface area contributed by atoms with Crippen molar-refractivity contribution in [3.05, 3.63) is 11.8 Å². The van der Waals surface area contributed by atoms with Gasteiger partial charge in [0.25, 0.3) is 5.91 Å². The van der Waals surface area contributed by atoms with Gasteiger partial charge in [-0.15, -0.1) is 0 Å². The van der Waals surface area contributed by atoms with Gasteiger partial charge in [0, 0.05) is 18.3 Å². The molecular formula is C18H27N5O2. The summed E-state index contributed by atoms with van der Waals surface area (Å²) >= 11 is 0. The minimum Gasteiger partial charge on any atom is -0.375 e. The van der Waals surface area contributed by atoms with Crippen LogP contribution in [-0.4, -0.2) is 40.2 Å². The summed E-state index contributed by atoms with van der Waals surface area (Å²) in [5.74, 6) is 0.630. The number of rotatable bonds is 7. The van der Waals surface area contributed by atoms with Crippen molar-refractivity contribution in [2.45, 2.75) is 82.1 Å². The second-order valence-corrected chi connectivity index (χ2v) is 7.55. The number of anilines is 2. The van der Waals surface area contributed by atoms with E-state index in [1.807, 2.05) is 0 Å².